The lowest BCUT2D eigenvalue weighted by Crippen LogP contribution is -2.36. The molecule has 0 radical (unpaired) electrons. The SMILES string of the molecule is CCC(C)N1CC=C(c2cc(NC(=O)c3c[nH]c(=O)cc3C(F)(F)F)c(N(CC)CC)cc2F)CC1. The quantitative estimate of drug-likeness (QED) is 0.461. The van der Waals surface area contributed by atoms with Gasteiger partial charge in [-0.3, -0.25) is 14.5 Å². The van der Waals surface area contributed by atoms with Crippen LogP contribution in [0.15, 0.2) is 35.3 Å². The minimum atomic E-state index is -4.90. The molecule has 10 heteroatoms. The number of nitrogens with zero attached hydrogens (tertiary/aromatic N) is 2. The van der Waals surface area contributed by atoms with Crippen LogP contribution in [0.2, 0.25) is 0 Å². The summed E-state index contributed by atoms with van der Waals surface area (Å²) >= 11 is 0. The van der Waals surface area contributed by atoms with E-state index in [1.54, 1.807) is 4.90 Å². The molecule has 0 aliphatic carbocycles. The van der Waals surface area contributed by atoms with Crippen LogP contribution in [0, 0.1) is 5.82 Å². The summed E-state index contributed by atoms with van der Waals surface area (Å²) in [4.78, 5) is 30.7. The van der Waals surface area contributed by atoms with Gasteiger partial charge >= 0.3 is 6.18 Å². The van der Waals surface area contributed by atoms with Crippen LogP contribution in [0.1, 0.15) is 62.0 Å². The van der Waals surface area contributed by atoms with E-state index in [1.165, 1.54) is 12.1 Å². The number of carbonyl (C=O) groups excluding carboxylic acids is 1. The summed E-state index contributed by atoms with van der Waals surface area (Å²) in [5.41, 5.74) is -1.37. The first-order chi connectivity index (χ1) is 17.0. The topological polar surface area (TPSA) is 68.4 Å². The third-order valence-electron chi connectivity index (χ3n) is 6.71. The zero-order valence-corrected chi connectivity index (χ0v) is 20.9. The van der Waals surface area contributed by atoms with Gasteiger partial charge in [0.25, 0.3) is 5.91 Å². The fourth-order valence-corrected chi connectivity index (χ4v) is 4.41. The molecule has 1 amide bonds. The number of hydrogen-bond acceptors (Lipinski definition) is 4. The molecule has 1 aromatic carbocycles. The van der Waals surface area contributed by atoms with Gasteiger partial charge in [0.2, 0.25) is 5.56 Å². The number of aromatic amines is 1. The van der Waals surface area contributed by atoms with Gasteiger partial charge in [-0.25, -0.2) is 4.39 Å². The second-order valence-corrected chi connectivity index (χ2v) is 8.83. The molecule has 0 saturated carbocycles. The van der Waals surface area contributed by atoms with Crippen molar-refractivity contribution < 1.29 is 22.4 Å². The summed E-state index contributed by atoms with van der Waals surface area (Å²) in [5.74, 6) is -1.51. The number of hydrogen-bond donors (Lipinski definition) is 2. The van der Waals surface area contributed by atoms with Crippen LogP contribution >= 0.6 is 0 Å². The Morgan fingerprint density at radius 1 is 1.19 bits per heavy atom. The molecular formula is C26H32F4N4O2. The van der Waals surface area contributed by atoms with Crippen molar-refractivity contribution >= 4 is 22.9 Å². The number of carbonyl (C=O) groups is 1. The molecular weight excluding hydrogens is 476 g/mol. The molecule has 1 aliphatic rings. The Morgan fingerprint density at radius 3 is 2.44 bits per heavy atom. The number of benzene rings is 1. The summed E-state index contributed by atoms with van der Waals surface area (Å²) < 4.78 is 55.9. The van der Waals surface area contributed by atoms with E-state index in [0.717, 1.165) is 24.7 Å². The third kappa shape index (κ3) is 5.98. The van der Waals surface area contributed by atoms with Crippen molar-refractivity contribution in [2.45, 2.75) is 52.8 Å². The van der Waals surface area contributed by atoms with Crippen LogP contribution in [0.4, 0.5) is 28.9 Å². The Morgan fingerprint density at radius 2 is 1.89 bits per heavy atom. The van der Waals surface area contributed by atoms with Crippen LogP contribution in [0.3, 0.4) is 0 Å². The Balaban J connectivity index is 2.04. The second-order valence-electron chi connectivity index (χ2n) is 8.83. The lowest BCUT2D eigenvalue weighted by Gasteiger charge is -2.32. The van der Waals surface area contributed by atoms with Crippen molar-refractivity contribution in [1.29, 1.82) is 0 Å². The molecule has 2 aromatic rings. The van der Waals surface area contributed by atoms with Gasteiger partial charge in [0.15, 0.2) is 0 Å². The van der Waals surface area contributed by atoms with Gasteiger partial charge < -0.3 is 15.2 Å². The van der Waals surface area contributed by atoms with Crippen LogP contribution in [-0.4, -0.2) is 48.0 Å². The Hall–Kier alpha value is -3.14. The summed E-state index contributed by atoms with van der Waals surface area (Å²) in [5, 5.41) is 2.54. The van der Waals surface area contributed by atoms with E-state index in [4.69, 9.17) is 0 Å². The zero-order chi connectivity index (χ0) is 26.6. The van der Waals surface area contributed by atoms with E-state index < -0.39 is 34.6 Å². The summed E-state index contributed by atoms with van der Waals surface area (Å²) in [6.07, 6.45) is -0.588. The van der Waals surface area contributed by atoms with E-state index in [0.29, 0.717) is 49.4 Å². The third-order valence-corrected chi connectivity index (χ3v) is 6.71. The number of amides is 1. The van der Waals surface area contributed by atoms with Gasteiger partial charge in [-0.05, 0) is 51.3 Å². The highest BCUT2D eigenvalue weighted by Gasteiger charge is 2.36. The number of halogens is 4. The summed E-state index contributed by atoms with van der Waals surface area (Å²) in [7, 11) is 0. The highest BCUT2D eigenvalue weighted by Crippen LogP contribution is 2.36. The molecule has 196 valence electrons. The van der Waals surface area contributed by atoms with Gasteiger partial charge in [0, 0.05) is 50.0 Å². The Labute approximate surface area is 208 Å². The molecule has 36 heavy (non-hydrogen) atoms. The molecule has 0 saturated heterocycles. The van der Waals surface area contributed by atoms with E-state index >= 15 is 4.39 Å². The molecule has 3 rings (SSSR count). The van der Waals surface area contributed by atoms with Crippen molar-refractivity contribution in [3.8, 4) is 0 Å². The van der Waals surface area contributed by atoms with Gasteiger partial charge in [-0.1, -0.05) is 13.0 Å². The van der Waals surface area contributed by atoms with Crippen molar-refractivity contribution in [2.75, 3.05) is 36.4 Å². The van der Waals surface area contributed by atoms with Crippen molar-refractivity contribution in [3.63, 3.8) is 0 Å². The number of aromatic nitrogens is 1. The maximum absolute atomic E-state index is 15.3. The minimum Gasteiger partial charge on any atom is -0.370 e. The first-order valence-corrected chi connectivity index (χ1v) is 12.1. The molecule has 1 unspecified atom stereocenters. The molecule has 2 N–H and O–H groups in total. The minimum absolute atomic E-state index is 0.199. The molecule has 1 aliphatic heterocycles. The smallest absolute Gasteiger partial charge is 0.370 e. The molecule has 1 atom stereocenters. The molecule has 0 fully saturated rings. The molecule has 1 aromatic heterocycles. The van der Waals surface area contributed by atoms with Crippen molar-refractivity contribution in [1.82, 2.24) is 9.88 Å². The summed E-state index contributed by atoms with van der Waals surface area (Å²) in [6.45, 7) is 10.4. The predicted molar refractivity (Wildman–Crippen MR) is 134 cm³/mol. The van der Waals surface area contributed by atoms with Gasteiger partial charge in [0.1, 0.15) is 5.82 Å². The summed E-state index contributed by atoms with van der Waals surface area (Å²) in [6, 6.07) is 3.56. The number of nitrogens with one attached hydrogen (secondary N) is 2. The predicted octanol–water partition coefficient (Wildman–Crippen LogP) is 5.52. The second kappa shape index (κ2) is 11.3. The lowest BCUT2D eigenvalue weighted by molar-refractivity contribution is -0.138. The number of H-pyrrole nitrogens is 1. The average Bonchev–Trinajstić information content (AvgIpc) is 2.85. The maximum atomic E-state index is 15.3. The molecule has 0 bridgehead atoms. The van der Waals surface area contributed by atoms with E-state index in [1.807, 2.05) is 19.9 Å². The monoisotopic (exact) mass is 508 g/mol. The highest BCUT2D eigenvalue weighted by molar-refractivity contribution is 6.07. The van der Waals surface area contributed by atoms with Crippen LogP contribution in [-0.2, 0) is 6.18 Å². The van der Waals surface area contributed by atoms with Crippen LogP contribution < -0.4 is 15.8 Å². The molecule has 0 spiro atoms. The van der Waals surface area contributed by atoms with Gasteiger partial charge in [-0.15, -0.1) is 0 Å². The normalized spacial score (nSPS) is 15.4. The Kier molecular flexibility index (Phi) is 8.60. The fourth-order valence-electron chi connectivity index (χ4n) is 4.41. The zero-order valence-electron chi connectivity index (χ0n) is 20.9. The van der Waals surface area contributed by atoms with E-state index in [2.05, 4.69) is 29.0 Å². The Bertz CT molecular complexity index is 1190. The number of alkyl halides is 3. The van der Waals surface area contributed by atoms with Crippen LogP contribution in [0.25, 0.3) is 5.57 Å². The largest absolute Gasteiger partial charge is 0.417 e. The van der Waals surface area contributed by atoms with Crippen molar-refractivity contribution in [2.24, 2.45) is 0 Å². The number of anilines is 2. The molecule has 6 nitrogen and oxygen atoms in total. The van der Waals surface area contributed by atoms with Crippen molar-refractivity contribution in [3.05, 3.63) is 63.3 Å². The highest BCUT2D eigenvalue weighted by atomic mass is 19.4. The first-order valence-electron chi connectivity index (χ1n) is 12.1. The fraction of sp³-hybridized carbons (Fsp3) is 0.462. The van der Waals surface area contributed by atoms with E-state index in [9.17, 15) is 22.8 Å². The first kappa shape index (κ1) is 27.4. The number of rotatable bonds is 8. The average molecular weight is 509 g/mol. The van der Waals surface area contributed by atoms with Crippen LogP contribution in [0.5, 0.6) is 0 Å². The molecule has 2 heterocycles. The number of pyridine rings is 1. The van der Waals surface area contributed by atoms with Gasteiger partial charge in [0.05, 0.1) is 22.5 Å². The van der Waals surface area contributed by atoms with E-state index in [-0.39, 0.29) is 5.69 Å². The maximum Gasteiger partial charge on any atom is 0.417 e. The standard InChI is InChI=1S/C26H32F4N4O2/c1-5-16(4)34-10-8-17(9-11-34)18-12-22(23(14-21(18)27)33(6-2)7-3)32-25(36)19-15-31-24(35)13-20(19)26(28,29)30/h8,12-16H,5-7,9-11H2,1-4H3,(H,31,35)(H,32,36). The van der Waals surface area contributed by atoms with Gasteiger partial charge in [-0.2, -0.15) is 13.2 Å². The lowest BCUT2D eigenvalue weighted by atomic mass is 9.96.